The molecule has 1 aromatic rings. The highest BCUT2D eigenvalue weighted by Crippen LogP contribution is 2.19. The number of pyridine rings is 1. The van der Waals surface area contributed by atoms with Crippen molar-refractivity contribution in [1.29, 1.82) is 0 Å². The minimum Gasteiger partial charge on any atom is -0.401 e. The van der Waals surface area contributed by atoms with Crippen LogP contribution in [-0.2, 0) is 0 Å². The smallest absolute Gasteiger partial charge is 0.0863 e. The summed E-state index contributed by atoms with van der Waals surface area (Å²) < 4.78 is 0. The second-order valence-electron chi connectivity index (χ2n) is 3.36. The molecule has 0 spiro atoms. The zero-order valence-corrected chi connectivity index (χ0v) is 8.14. The molecular weight excluding hydrogens is 174 g/mol. The van der Waals surface area contributed by atoms with Gasteiger partial charge in [0.2, 0.25) is 0 Å². The van der Waals surface area contributed by atoms with Crippen molar-refractivity contribution in [2.24, 2.45) is 5.73 Å². The Kier molecular flexibility index (Phi) is 2.23. The molecule has 0 aromatic carbocycles. The molecule has 0 aliphatic carbocycles. The van der Waals surface area contributed by atoms with E-state index in [9.17, 15) is 0 Å². The first-order valence-corrected chi connectivity index (χ1v) is 4.56. The van der Waals surface area contributed by atoms with Gasteiger partial charge in [0.15, 0.2) is 0 Å². The first-order valence-electron chi connectivity index (χ1n) is 4.56. The van der Waals surface area contributed by atoms with Gasteiger partial charge in [-0.1, -0.05) is 6.07 Å². The maximum atomic E-state index is 5.72. The van der Waals surface area contributed by atoms with Crippen molar-refractivity contribution < 1.29 is 0 Å². The average Bonchev–Trinajstić information content (AvgIpc) is 2.19. The lowest BCUT2D eigenvalue weighted by molar-refractivity contribution is 0.511. The quantitative estimate of drug-likeness (QED) is 0.718. The van der Waals surface area contributed by atoms with Crippen LogP contribution in [0.1, 0.15) is 5.69 Å². The first-order chi connectivity index (χ1) is 6.77. The van der Waals surface area contributed by atoms with Crippen LogP contribution < -0.4 is 5.73 Å². The summed E-state index contributed by atoms with van der Waals surface area (Å²) in [5, 5.41) is 0. The molecule has 0 fully saturated rings. The highest BCUT2D eigenvalue weighted by molar-refractivity contribution is 5.64. The molecule has 2 heterocycles. The molecule has 0 atom stereocenters. The van der Waals surface area contributed by atoms with Crippen molar-refractivity contribution in [3.8, 4) is 0 Å². The number of allylic oxidation sites excluding steroid dienone is 2. The highest BCUT2D eigenvalue weighted by atomic mass is 15.1. The molecule has 0 radical (unpaired) electrons. The molecule has 0 saturated carbocycles. The molecule has 3 heteroatoms. The molecule has 3 nitrogen and oxygen atoms in total. The summed E-state index contributed by atoms with van der Waals surface area (Å²) >= 11 is 0. The third-order valence-corrected chi connectivity index (χ3v) is 2.21. The molecule has 0 saturated heterocycles. The van der Waals surface area contributed by atoms with Gasteiger partial charge in [-0.15, -0.1) is 0 Å². The molecule has 0 amide bonds. The topological polar surface area (TPSA) is 42.1 Å². The van der Waals surface area contributed by atoms with Gasteiger partial charge in [-0.05, 0) is 24.3 Å². The normalized spacial score (nSPS) is 16.2. The van der Waals surface area contributed by atoms with Crippen LogP contribution >= 0.6 is 0 Å². The van der Waals surface area contributed by atoms with E-state index < -0.39 is 0 Å². The summed E-state index contributed by atoms with van der Waals surface area (Å²) in [7, 11) is 2.01. The van der Waals surface area contributed by atoms with Crippen LogP contribution in [0.25, 0.3) is 5.70 Å². The Bertz CT molecular complexity index is 379. The maximum absolute atomic E-state index is 5.72. The molecule has 1 aliphatic heterocycles. The van der Waals surface area contributed by atoms with Crippen LogP contribution in [0.3, 0.4) is 0 Å². The monoisotopic (exact) mass is 187 g/mol. The van der Waals surface area contributed by atoms with Crippen molar-refractivity contribution in [1.82, 2.24) is 9.88 Å². The van der Waals surface area contributed by atoms with Gasteiger partial charge in [0, 0.05) is 18.9 Å². The predicted octanol–water partition coefficient (Wildman–Crippen LogP) is 1.21. The Hall–Kier alpha value is -1.77. The van der Waals surface area contributed by atoms with Gasteiger partial charge < -0.3 is 10.6 Å². The van der Waals surface area contributed by atoms with E-state index in [-0.39, 0.29) is 0 Å². The molecule has 0 unspecified atom stereocenters. The molecule has 2 N–H and O–H groups in total. The van der Waals surface area contributed by atoms with E-state index in [4.69, 9.17) is 5.73 Å². The number of nitrogens with two attached hydrogens (primary N) is 1. The summed E-state index contributed by atoms with van der Waals surface area (Å²) in [6.45, 7) is 0.766. The standard InChI is InChI=1S/C11H13N3/c1-14-8-9(12)5-6-11(14)10-4-2-3-7-13-10/h2-7H,8,12H2,1H3. The Morgan fingerprint density at radius 1 is 1.36 bits per heavy atom. The Labute approximate surface area is 83.6 Å². The summed E-state index contributed by atoms with van der Waals surface area (Å²) in [6, 6.07) is 5.90. The zero-order chi connectivity index (χ0) is 9.97. The van der Waals surface area contributed by atoms with Crippen molar-refractivity contribution in [2.45, 2.75) is 0 Å². The number of hydrogen-bond acceptors (Lipinski definition) is 3. The third kappa shape index (κ3) is 1.62. The second-order valence-corrected chi connectivity index (χ2v) is 3.36. The SMILES string of the molecule is CN1CC(N)=CC=C1c1ccccn1. The van der Waals surface area contributed by atoms with Gasteiger partial charge >= 0.3 is 0 Å². The summed E-state index contributed by atoms with van der Waals surface area (Å²) in [5.41, 5.74) is 8.70. The lowest BCUT2D eigenvalue weighted by Gasteiger charge is -2.25. The minimum atomic E-state index is 0.766. The molecule has 2 rings (SSSR count). The lowest BCUT2D eigenvalue weighted by atomic mass is 10.1. The van der Waals surface area contributed by atoms with Crippen LogP contribution in [0.15, 0.2) is 42.2 Å². The lowest BCUT2D eigenvalue weighted by Crippen LogP contribution is -2.25. The van der Waals surface area contributed by atoms with Crippen LogP contribution in [0.2, 0.25) is 0 Å². The van der Waals surface area contributed by atoms with Gasteiger partial charge in [0.25, 0.3) is 0 Å². The van der Waals surface area contributed by atoms with Crippen LogP contribution in [0.4, 0.5) is 0 Å². The van der Waals surface area contributed by atoms with Gasteiger partial charge in [-0.25, -0.2) is 0 Å². The van der Waals surface area contributed by atoms with Crippen molar-refractivity contribution in [3.63, 3.8) is 0 Å². The summed E-state index contributed by atoms with van der Waals surface area (Å²) in [5.74, 6) is 0. The van der Waals surface area contributed by atoms with E-state index in [2.05, 4.69) is 9.88 Å². The highest BCUT2D eigenvalue weighted by Gasteiger charge is 2.11. The maximum Gasteiger partial charge on any atom is 0.0863 e. The van der Waals surface area contributed by atoms with Gasteiger partial charge in [-0.3, -0.25) is 4.98 Å². The summed E-state index contributed by atoms with van der Waals surface area (Å²) in [4.78, 5) is 6.39. The first kappa shape index (κ1) is 8.81. The van der Waals surface area contributed by atoms with Gasteiger partial charge in [-0.2, -0.15) is 0 Å². The molecule has 0 bridgehead atoms. The zero-order valence-electron chi connectivity index (χ0n) is 8.14. The van der Waals surface area contributed by atoms with E-state index in [0.717, 1.165) is 23.6 Å². The van der Waals surface area contributed by atoms with Crippen LogP contribution in [0.5, 0.6) is 0 Å². The van der Waals surface area contributed by atoms with Crippen molar-refractivity contribution in [3.05, 3.63) is 47.9 Å². The number of rotatable bonds is 1. The molecular formula is C11H13N3. The predicted molar refractivity (Wildman–Crippen MR) is 57.1 cm³/mol. The number of likely N-dealkylation sites (N-methyl/N-ethyl adjacent to an activating group) is 1. The van der Waals surface area contributed by atoms with Gasteiger partial charge in [0.1, 0.15) is 0 Å². The molecule has 14 heavy (non-hydrogen) atoms. The number of hydrogen-bond donors (Lipinski definition) is 1. The number of nitrogens with zero attached hydrogens (tertiary/aromatic N) is 2. The fourth-order valence-corrected chi connectivity index (χ4v) is 1.52. The van der Waals surface area contributed by atoms with Crippen molar-refractivity contribution >= 4 is 5.70 Å². The Morgan fingerprint density at radius 3 is 2.86 bits per heavy atom. The Balaban J connectivity index is 2.35. The van der Waals surface area contributed by atoms with Gasteiger partial charge in [0.05, 0.1) is 17.9 Å². The van der Waals surface area contributed by atoms with E-state index in [1.165, 1.54) is 0 Å². The van der Waals surface area contributed by atoms with E-state index in [1.807, 2.05) is 37.4 Å². The second kappa shape index (κ2) is 3.54. The van der Waals surface area contributed by atoms with Crippen molar-refractivity contribution in [2.75, 3.05) is 13.6 Å². The average molecular weight is 187 g/mol. The Morgan fingerprint density at radius 2 is 2.21 bits per heavy atom. The fraction of sp³-hybridized carbons (Fsp3) is 0.182. The van der Waals surface area contributed by atoms with E-state index in [0.29, 0.717) is 0 Å². The molecule has 1 aromatic heterocycles. The largest absolute Gasteiger partial charge is 0.401 e. The van der Waals surface area contributed by atoms with E-state index in [1.54, 1.807) is 6.20 Å². The molecule has 72 valence electrons. The van der Waals surface area contributed by atoms with E-state index >= 15 is 0 Å². The third-order valence-electron chi connectivity index (χ3n) is 2.21. The minimum absolute atomic E-state index is 0.766. The molecule has 1 aliphatic rings. The van der Waals surface area contributed by atoms with Crippen LogP contribution in [-0.4, -0.2) is 23.5 Å². The van der Waals surface area contributed by atoms with Crippen LogP contribution in [0, 0.1) is 0 Å². The summed E-state index contributed by atoms with van der Waals surface area (Å²) in [6.07, 6.45) is 5.73. The fourth-order valence-electron chi connectivity index (χ4n) is 1.52. The number of aromatic nitrogens is 1.